The van der Waals surface area contributed by atoms with Gasteiger partial charge in [0.2, 0.25) is 0 Å². The van der Waals surface area contributed by atoms with Crippen LogP contribution in [0, 0.1) is 62.1 Å². The fourth-order valence-corrected chi connectivity index (χ4v) is 2.69. The Morgan fingerprint density at radius 2 is 1.68 bits per heavy atom. The third kappa shape index (κ3) is 1.49. The highest BCUT2D eigenvalue weighted by atomic mass is 35.5. The molecule has 0 aromatic rings. The minimum Gasteiger partial charge on any atom is -0.196 e. The van der Waals surface area contributed by atoms with Crippen LogP contribution in [0.3, 0.4) is 0 Å². The normalized spacial score (nSPS) is 25.4. The summed E-state index contributed by atoms with van der Waals surface area (Å²) in [6, 6.07) is 7.51. The van der Waals surface area contributed by atoms with Gasteiger partial charge in [-0.3, -0.25) is 0 Å². The van der Waals surface area contributed by atoms with Crippen molar-refractivity contribution < 1.29 is 0 Å². The van der Waals surface area contributed by atoms with Gasteiger partial charge in [0.25, 0.3) is 0 Å². The highest BCUT2D eigenvalue weighted by molar-refractivity contribution is 6.31. The summed E-state index contributed by atoms with van der Waals surface area (Å²) in [5.74, 6) is -0.659. The van der Waals surface area contributed by atoms with E-state index >= 15 is 0 Å². The molecule has 0 N–H and O–H groups in total. The Kier molecular flexibility index (Phi) is 2.92. The largest absolute Gasteiger partial charge is 0.196 e. The molecule has 19 heavy (non-hydrogen) atoms. The summed E-state index contributed by atoms with van der Waals surface area (Å²) in [4.78, 5) is 0. The average molecular weight is 267 g/mol. The van der Waals surface area contributed by atoms with Gasteiger partial charge in [-0.1, -0.05) is 29.8 Å². The molecule has 0 spiro atoms. The molecule has 0 saturated heterocycles. The van der Waals surface area contributed by atoms with Crippen LogP contribution in [0.1, 0.15) is 6.42 Å². The van der Waals surface area contributed by atoms with Gasteiger partial charge in [-0.2, -0.15) is 21.0 Å². The quantitative estimate of drug-likeness (QED) is 0.673. The third-order valence-corrected chi connectivity index (χ3v) is 3.89. The molecule has 0 fully saturated rings. The number of rotatable bonds is 0. The summed E-state index contributed by atoms with van der Waals surface area (Å²) in [7, 11) is 0. The van der Waals surface area contributed by atoms with Crippen molar-refractivity contribution in [1.29, 1.82) is 21.0 Å². The van der Waals surface area contributed by atoms with Crippen molar-refractivity contribution in [2.45, 2.75) is 6.42 Å². The van der Waals surface area contributed by atoms with Gasteiger partial charge in [-0.25, -0.2) is 0 Å². The van der Waals surface area contributed by atoms with Crippen molar-refractivity contribution in [3.8, 4) is 24.3 Å². The maximum absolute atomic E-state index is 9.47. The van der Waals surface area contributed by atoms with Gasteiger partial charge in [-0.05, 0) is 11.6 Å². The van der Waals surface area contributed by atoms with Crippen LogP contribution in [-0.4, -0.2) is 0 Å². The van der Waals surface area contributed by atoms with E-state index in [9.17, 15) is 21.0 Å². The van der Waals surface area contributed by atoms with Crippen molar-refractivity contribution in [3.63, 3.8) is 0 Å². The number of nitriles is 4. The van der Waals surface area contributed by atoms with Gasteiger partial charge >= 0.3 is 0 Å². The van der Waals surface area contributed by atoms with Crippen molar-refractivity contribution in [2.24, 2.45) is 16.7 Å². The van der Waals surface area contributed by atoms with Crippen LogP contribution in [-0.2, 0) is 0 Å². The molecule has 0 radical (unpaired) electrons. The Hall–Kier alpha value is -2.53. The minimum atomic E-state index is -1.74. The lowest BCUT2D eigenvalue weighted by atomic mass is 9.53. The second-order valence-electron chi connectivity index (χ2n) is 4.43. The molecule has 2 aliphatic carbocycles. The Morgan fingerprint density at radius 1 is 1.05 bits per heavy atom. The van der Waals surface area contributed by atoms with Crippen LogP contribution < -0.4 is 0 Å². The highest BCUT2D eigenvalue weighted by Crippen LogP contribution is 2.54. The zero-order valence-corrected chi connectivity index (χ0v) is 10.5. The number of fused-ring (bicyclic) bond motifs is 1. The van der Waals surface area contributed by atoms with Gasteiger partial charge in [-0.15, -0.1) is 0 Å². The highest BCUT2D eigenvalue weighted by Gasteiger charge is 2.61. The molecular formula is C14H7ClN4. The van der Waals surface area contributed by atoms with E-state index in [0.29, 0.717) is 5.03 Å². The Morgan fingerprint density at radius 3 is 2.21 bits per heavy atom. The van der Waals surface area contributed by atoms with Gasteiger partial charge in [0.1, 0.15) is 0 Å². The topological polar surface area (TPSA) is 95.2 Å². The molecule has 5 heteroatoms. The zero-order valence-electron chi connectivity index (χ0n) is 9.76. The Bertz CT molecular complexity index is 657. The van der Waals surface area contributed by atoms with E-state index in [4.69, 9.17) is 11.6 Å². The lowest BCUT2D eigenvalue weighted by Crippen LogP contribution is -2.46. The molecule has 0 bridgehead atoms. The summed E-state index contributed by atoms with van der Waals surface area (Å²) < 4.78 is 0. The smallest absolute Gasteiger partial charge is 0.185 e. The standard InChI is InChI=1S/C14H7ClN4/c15-11-2-1-10-3-4-13(6-16,7-17)14(8-18,9-19)12(10)5-11/h1-3,5,12H,4H2. The number of hydrogen-bond donors (Lipinski definition) is 0. The second kappa shape index (κ2) is 4.29. The van der Waals surface area contributed by atoms with E-state index < -0.39 is 16.7 Å². The van der Waals surface area contributed by atoms with E-state index in [0.717, 1.165) is 5.57 Å². The summed E-state index contributed by atoms with van der Waals surface area (Å²) in [6.07, 6.45) is 6.72. The number of nitrogens with zero attached hydrogens (tertiary/aromatic N) is 4. The Balaban J connectivity index is 2.77. The number of allylic oxidation sites excluding steroid dienone is 6. The predicted octanol–water partition coefficient (Wildman–Crippen LogP) is 2.69. The Labute approximate surface area is 115 Å². The fourth-order valence-electron chi connectivity index (χ4n) is 2.51. The van der Waals surface area contributed by atoms with E-state index in [1.54, 1.807) is 24.3 Å². The van der Waals surface area contributed by atoms with Crippen molar-refractivity contribution in [2.75, 3.05) is 0 Å². The van der Waals surface area contributed by atoms with Gasteiger partial charge in [0, 0.05) is 17.4 Å². The van der Waals surface area contributed by atoms with E-state index in [1.807, 2.05) is 24.3 Å². The van der Waals surface area contributed by atoms with E-state index in [1.165, 1.54) is 0 Å². The van der Waals surface area contributed by atoms with Gasteiger partial charge in [0.05, 0.1) is 24.3 Å². The predicted molar refractivity (Wildman–Crippen MR) is 66.6 cm³/mol. The van der Waals surface area contributed by atoms with Gasteiger partial charge in [0.15, 0.2) is 10.8 Å². The van der Waals surface area contributed by atoms with Crippen LogP contribution in [0.15, 0.2) is 34.9 Å². The fraction of sp³-hybridized carbons (Fsp3) is 0.286. The third-order valence-electron chi connectivity index (χ3n) is 3.64. The first-order valence-corrected chi connectivity index (χ1v) is 5.87. The van der Waals surface area contributed by atoms with Crippen molar-refractivity contribution >= 4 is 11.6 Å². The molecule has 90 valence electrons. The van der Waals surface area contributed by atoms with Crippen molar-refractivity contribution in [1.82, 2.24) is 0 Å². The molecule has 2 rings (SSSR count). The first-order valence-electron chi connectivity index (χ1n) is 5.49. The zero-order chi connectivity index (χ0) is 14.1. The van der Waals surface area contributed by atoms with Gasteiger partial charge < -0.3 is 0 Å². The van der Waals surface area contributed by atoms with Crippen LogP contribution in [0.4, 0.5) is 0 Å². The molecule has 0 amide bonds. The van der Waals surface area contributed by atoms with Crippen LogP contribution in [0.25, 0.3) is 0 Å². The number of hydrogen-bond acceptors (Lipinski definition) is 4. The van der Waals surface area contributed by atoms with E-state index in [-0.39, 0.29) is 6.42 Å². The summed E-state index contributed by atoms with van der Waals surface area (Å²) in [6.45, 7) is 0. The van der Waals surface area contributed by atoms with Crippen molar-refractivity contribution in [3.05, 3.63) is 34.9 Å². The lowest BCUT2D eigenvalue weighted by Gasteiger charge is -2.40. The second-order valence-corrected chi connectivity index (χ2v) is 4.87. The summed E-state index contributed by atoms with van der Waals surface area (Å²) >= 11 is 5.92. The minimum absolute atomic E-state index is 0.0583. The monoisotopic (exact) mass is 266 g/mol. The molecule has 2 aliphatic rings. The molecule has 1 atom stereocenters. The van der Waals surface area contributed by atoms with E-state index in [2.05, 4.69) is 0 Å². The molecule has 4 nitrogen and oxygen atoms in total. The summed E-state index contributed by atoms with van der Waals surface area (Å²) in [5.41, 5.74) is -2.68. The van der Waals surface area contributed by atoms with Crippen LogP contribution >= 0.6 is 11.6 Å². The molecule has 0 heterocycles. The van der Waals surface area contributed by atoms with Crippen LogP contribution in [0.2, 0.25) is 0 Å². The maximum Gasteiger partial charge on any atom is 0.185 e. The molecule has 0 aromatic carbocycles. The maximum atomic E-state index is 9.47. The molecule has 0 aromatic heterocycles. The molecule has 0 saturated carbocycles. The number of halogens is 1. The summed E-state index contributed by atoms with van der Waals surface area (Å²) in [5, 5.41) is 38.0. The average Bonchev–Trinajstić information content (AvgIpc) is 2.46. The molecule has 0 aliphatic heterocycles. The lowest BCUT2D eigenvalue weighted by molar-refractivity contribution is 0.235. The van der Waals surface area contributed by atoms with Crippen LogP contribution in [0.5, 0.6) is 0 Å². The molecular weight excluding hydrogens is 260 g/mol. The molecule has 1 unspecified atom stereocenters. The first kappa shape index (κ1) is 12.9. The SMILES string of the molecule is N#CC1(C#N)CC=C2C=CC(Cl)=CC2C1(C#N)C#N. The first-order chi connectivity index (χ1) is 9.09.